The number of benzene rings is 8. The molecule has 0 aromatic heterocycles. The Hall–Kier alpha value is -6.78. The predicted molar refractivity (Wildman–Crippen MR) is 236 cm³/mol. The number of aromatic hydroxyl groups is 2. The molecule has 57 heavy (non-hydrogen) atoms. The van der Waals surface area contributed by atoms with Crippen LogP contribution in [0.3, 0.4) is 0 Å². The first-order chi connectivity index (χ1) is 27.8. The van der Waals surface area contributed by atoms with Crippen molar-refractivity contribution in [3.05, 3.63) is 181 Å². The van der Waals surface area contributed by atoms with Crippen molar-refractivity contribution in [3.63, 3.8) is 0 Å². The Bertz CT molecular complexity index is 2760. The molecule has 0 heterocycles. The van der Waals surface area contributed by atoms with E-state index in [0.717, 1.165) is 71.6 Å². The summed E-state index contributed by atoms with van der Waals surface area (Å²) < 4.78 is 13.2. The maximum atomic E-state index is 11.9. The molecule has 0 aliphatic carbocycles. The molecule has 8 aromatic carbocycles. The van der Waals surface area contributed by atoms with E-state index in [-0.39, 0.29) is 17.4 Å². The second-order valence-corrected chi connectivity index (χ2v) is 14.9. The van der Waals surface area contributed by atoms with E-state index in [4.69, 9.17) is 9.47 Å². The number of para-hydroxylation sites is 3. The van der Waals surface area contributed by atoms with Gasteiger partial charge in [-0.15, -0.1) is 6.58 Å². The standard InChI is InChI=1S/C53H46O4/c1-5-14-37(32-56-48-24-11-10-19-42(48)43-20-12-22-45(52(43)54)50-35(3)26-28-38-15-6-8-17-40(38)50)33-57-49-30-25-34(2)31-47(49)44-21-13-23-46(53(44)55)51-36(4)27-29-39-16-7-9-18-41(39)51/h5-13,15-31,37,54-55H,1,14,32-33H2,2-4H3. The molecule has 8 aromatic rings. The van der Waals surface area contributed by atoms with Crippen molar-refractivity contribution in [1.29, 1.82) is 0 Å². The van der Waals surface area contributed by atoms with E-state index in [1.54, 1.807) is 0 Å². The third kappa shape index (κ3) is 7.35. The summed E-state index contributed by atoms with van der Waals surface area (Å²) in [4.78, 5) is 0. The van der Waals surface area contributed by atoms with Crippen molar-refractivity contribution < 1.29 is 19.7 Å². The Morgan fingerprint density at radius 2 is 0.965 bits per heavy atom. The van der Waals surface area contributed by atoms with Crippen molar-refractivity contribution in [2.24, 2.45) is 5.92 Å². The van der Waals surface area contributed by atoms with Crippen LogP contribution in [-0.2, 0) is 0 Å². The van der Waals surface area contributed by atoms with Gasteiger partial charge in [0.05, 0.1) is 13.2 Å². The molecule has 282 valence electrons. The number of fused-ring (bicyclic) bond motifs is 2. The van der Waals surface area contributed by atoms with Gasteiger partial charge in [0.2, 0.25) is 0 Å². The highest BCUT2D eigenvalue weighted by atomic mass is 16.5. The monoisotopic (exact) mass is 746 g/mol. The smallest absolute Gasteiger partial charge is 0.131 e. The molecular formula is C53H46O4. The lowest BCUT2D eigenvalue weighted by Gasteiger charge is -2.21. The zero-order chi connectivity index (χ0) is 39.5. The SMILES string of the molecule is C=CCC(COc1ccccc1-c1cccc(-c2c(C)ccc3ccccc23)c1O)COc1ccc(C)cc1-c1cccc(-c2c(C)ccc3ccccc23)c1O. The Morgan fingerprint density at radius 3 is 1.54 bits per heavy atom. The fourth-order valence-corrected chi connectivity index (χ4v) is 8.03. The number of allylic oxidation sites excluding steroid dienone is 1. The van der Waals surface area contributed by atoms with E-state index < -0.39 is 0 Å². The van der Waals surface area contributed by atoms with E-state index in [9.17, 15) is 10.2 Å². The average Bonchev–Trinajstić information content (AvgIpc) is 3.23. The molecule has 4 heteroatoms. The summed E-state index contributed by atoms with van der Waals surface area (Å²) in [5.41, 5.74) is 9.93. The number of phenols is 2. The van der Waals surface area contributed by atoms with Gasteiger partial charge in [-0.2, -0.15) is 0 Å². The molecule has 0 bridgehead atoms. The van der Waals surface area contributed by atoms with Crippen LogP contribution in [0.2, 0.25) is 0 Å². The van der Waals surface area contributed by atoms with Crippen molar-refractivity contribution in [1.82, 2.24) is 0 Å². The van der Waals surface area contributed by atoms with Gasteiger partial charge in [-0.25, -0.2) is 0 Å². The zero-order valence-electron chi connectivity index (χ0n) is 32.6. The van der Waals surface area contributed by atoms with Gasteiger partial charge in [-0.3, -0.25) is 0 Å². The summed E-state index contributed by atoms with van der Waals surface area (Å²) >= 11 is 0. The third-order valence-electron chi connectivity index (χ3n) is 10.9. The fourth-order valence-electron chi connectivity index (χ4n) is 8.03. The van der Waals surface area contributed by atoms with Gasteiger partial charge >= 0.3 is 0 Å². The van der Waals surface area contributed by atoms with Crippen molar-refractivity contribution in [2.75, 3.05) is 13.2 Å². The largest absolute Gasteiger partial charge is 0.507 e. The number of hydrogen-bond donors (Lipinski definition) is 2. The van der Waals surface area contributed by atoms with Crippen molar-refractivity contribution >= 4 is 21.5 Å². The Balaban J connectivity index is 1.06. The molecule has 0 fully saturated rings. The molecular weight excluding hydrogens is 701 g/mol. The third-order valence-corrected chi connectivity index (χ3v) is 10.9. The molecule has 2 N–H and O–H groups in total. The lowest BCUT2D eigenvalue weighted by molar-refractivity contribution is 0.179. The predicted octanol–water partition coefficient (Wildman–Crippen LogP) is 13.6. The zero-order valence-corrected chi connectivity index (χ0v) is 32.6. The minimum absolute atomic E-state index is 0.0266. The highest BCUT2D eigenvalue weighted by Crippen LogP contribution is 2.46. The number of rotatable bonds is 12. The van der Waals surface area contributed by atoms with Crippen LogP contribution in [0.25, 0.3) is 66.1 Å². The lowest BCUT2D eigenvalue weighted by Crippen LogP contribution is -2.20. The van der Waals surface area contributed by atoms with Gasteiger partial charge < -0.3 is 19.7 Å². The van der Waals surface area contributed by atoms with Gasteiger partial charge in [0.15, 0.2) is 0 Å². The molecule has 1 atom stereocenters. The first kappa shape index (κ1) is 37.2. The van der Waals surface area contributed by atoms with Gasteiger partial charge in [-0.05, 0) is 89.2 Å². The maximum Gasteiger partial charge on any atom is 0.131 e. The van der Waals surface area contributed by atoms with E-state index in [1.807, 2.05) is 110 Å². The van der Waals surface area contributed by atoms with Crippen LogP contribution < -0.4 is 9.47 Å². The minimum Gasteiger partial charge on any atom is -0.507 e. The summed E-state index contributed by atoms with van der Waals surface area (Å²) in [6, 6.07) is 50.8. The highest BCUT2D eigenvalue weighted by Gasteiger charge is 2.21. The molecule has 0 saturated heterocycles. The molecule has 1 unspecified atom stereocenters. The van der Waals surface area contributed by atoms with Gasteiger partial charge in [0.1, 0.15) is 23.0 Å². The Morgan fingerprint density at radius 1 is 0.491 bits per heavy atom. The molecule has 0 aliphatic rings. The summed E-state index contributed by atoms with van der Waals surface area (Å²) in [5, 5.41) is 28.3. The second kappa shape index (κ2) is 16.1. The summed E-state index contributed by atoms with van der Waals surface area (Å²) in [5.74, 6) is 1.77. The average molecular weight is 747 g/mol. The van der Waals surface area contributed by atoms with Crippen LogP contribution in [0.4, 0.5) is 0 Å². The number of hydrogen-bond acceptors (Lipinski definition) is 4. The second-order valence-electron chi connectivity index (χ2n) is 14.9. The summed E-state index contributed by atoms with van der Waals surface area (Å²) in [6.45, 7) is 11.0. The van der Waals surface area contributed by atoms with E-state index in [2.05, 4.69) is 75.0 Å². The molecule has 0 spiro atoms. The summed E-state index contributed by atoms with van der Waals surface area (Å²) in [7, 11) is 0. The fraction of sp³-hybridized carbons (Fsp3) is 0.132. The first-order valence-electron chi connectivity index (χ1n) is 19.5. The lowest BCUT2D eigenvalue weighted by atomic mass is 9.90. The van der Waals surface area contributed by atoms with Gasteiger partial charge in [0.25, 0.3) is 0 Å². The van der Waals surface area contributed by atoms with Crippen molar-refractivity contribution in [3.8, 4) is 67.5 Å². The van der Waals surface area contributed by atoms with Crippen molar-refractivity contribution in [2.45, 2.75) is 27.2 Å². The van der Waals surface area contributed by atoms with Crippen LogP contribution in [0.5, 0.6) is 23.0 Å². The Labute approximate surface area is 334 Å². The molecule has 8 rings (SSSR count). The summed E-state index contributed by atoms with van der Waals surface area (Å²) in [6.07, 6.45) is 2.56. The normalized spacial score (nSPS) is 11.8. The first-order valence-corrected chi connectivity index (χ1v) is 19.5. The number of phenolic OH excluding ortho intramolecular Hbond substituents is 2. The van der Waals surface area contributed by atoms with E-state index in [1.165, 1.54) is 0 Å². The molecule has 0 amide bonds. The molecule has 4 nitrogen and oxygen atoms in total. The maximum absolute atomic E-state index is 11.9. The van der Waals surface area contributed by atoms with Gasteiger partial charge in [-0.1, -0.05) is 145 Å². The van der Waals surface area contributed by atoms with E-state index in [0.29, 0.717) is 42.3 Å². The minimum atomic E-state index is -0.0266. The number of ether oxygens (including phenoxy) is 2. The topological polar surface area (TPSA) is 58.9 Å². The number of aryl methyl sites for hydroxylation is 3. The quantitative estimate of drug-likeness (QED) is 0.122. The van der Waals surface area contributed by atoms with Crippen LogP contribution in [-0.4, -0.2) is 23.4 Å². The molecule has 0 radical (unpaired) electrons. The van der Waals surface area contributed by atoms with Crippen LogP contribution in [0.1, 0.15) is 23.1 Å². The van der Waals surface area contributed by atoms with E-state index >= 15 is 0 Å². The Kier molecular flexibility index (Phi) is 10.5. The molecule has 0 aliphatic heterocycles. The highest BCUT2D eigenvalue weighted by molar-refractivity contribution is 6.02. The molecule has 0 saturated carbocycles. The van der Waals surface area contributed by atoms with Crippen LogP contribution >= 0.6 is 0 Å². The van der Waals surface area contributed by atoms with Gasteiger partial charge in [0, 0.05) is 39.3 Å². The van der Waals surface area contributed by atoms with Crippen LogP contribution in [0.15, 0.2) is 164 Å². The van der Waals surface area contributed by atoms with Crippen LogP contribution in [0, 0.1) is 26.7 Å².